The van der Waals surface area contributed by atoms with Crippen molar-refractivity contribution in [1.29, 1.82) is 0 Å². The number of sulfone groups is 1. The molecule has 2 aliphatic rings. The highest BCUT2D eigenvalue weighted by molar-refractivity contribution is 7.91. The van der Waals surface area contributed by atoms with Gasteiger partial charge in [-0.05, 0) is 44.2 Å². The van der Waals surface area contributed by atoms with Gasteiger partial charge in [-0.3, -0.25) is 4.79 Å². The normalized spacial score (nSPS) is 21.5. The van der Waals surface area contributed by atoms with Crippen molar-refractivity contribution in [3.05, 3.63) is 21.4 Å². The van der Waals surface area contributed by atoms with Gasteiger partial charge in [-0.15, -0.1) is 11.3 Å². The van der Waals surface area contributed by atoms with E-state index >= 15 is 0 Å². The molecule has 0 aromatic carbocycles. The lowest BCUT2D eigenvalue weighted by atomic mass is 10.2. The lowest BCUT2D eigenvalue weighted by molar-refractivity contribution is -0.136. The quantitative estimate of drug-likeness (QED) is 0.732. The molecule has 0 N–H and O–H groups in total. The van der Waals surface area contributed by atoms with Gasteiger partial charge >= 0.3 is 5.97 Å². The average Bonchev–Trinajstić information content (AvgIpc) is 3.19. The fraction of sp³-hybridized carbons (Fsp3) is 0.625. The van der Waals surface area contributed by atoms with Crippen LogP contribution in [0.3, 0.4) is 0 Å². The van der Waals surface area contributed by atoms with Gasteiger partial charge in [-0.1, -0.05) is 0 Å². The highest BCUT2D eigenvalue weighted by atomic mass is 32.2. The fourth-order valence-electron chi connectivity index (χ4n) is 3.37. The van der Waals surface area contributed by atoms with Gasteiger partial charge in [0.15, 0.2) is 16.4 Å². The summed E-state index contributed by atoms with van der Waals surface area (Å²) in [7, 11) is -3.06. The van der Waals surface area contributed by atoms with Crippen LogP contribution in [0.15, 0.2) is 6.07 Å². The number of hydrogen-bond donors (Lipinski definition) is 0. The molecule has 1 aliphatic carbocycles. The predicted molar refractivity (Wildman–Crippen MR) is 91.1 cm³/mol. The van der Waals surface area contributed by atoms with E-state index in [1.54, 1.807) is 6.92 Å². The molecule has 6 nitrogen and oxygen atoms in total. The van der Waals surface area contributed by atoms with Crippen molar-refractivity contribution in [2.45, 2.75) is 38.6 Å². The van der Waals surface area contributed by atoms with E-state index in [-0.39, 0.29) is 30.1 Å². The maximum absolute atomic E-state index is 12.3. The molecular weight excluding hydrogens is 350 g/mol. The standard InChI is InChI=1S/C16H21NO5S2/c1-2-17(12-6-7-24(20,21)10-12)15(18)9-22-16(19)14-8-11-4-3-5-13(11)23-14/h8,12H,2-7,9-10H2,1H3/t12-/m1/s1. The molecule has 1 fully saturated rings. The monoisotopic (exact) mass is 371 g/mol. The van der Waals surface area contributed by atoms with Crippen molar-refractivity contribution in [2.75, 3.05) is 24.7 Å². The molecule has 1 aromatic heterocycles. The van der Waals surface area contributed by atoms with Crippen LogP contribution in [0.25, 0.3) is 0 Å². The van der Waals surface area contributed by atoms with Gasteiger partial charge in [0.05, 0.1) is 11.5 Å². The summed E-state index contributed by atoms with van der Waals surface area (Å²) < 4.78 is 28.3. The highest BCUT2D eigenvalue weighted by Crippen LogP contribution is 2.31. The predicted octanol–water partition coefficient (Wildman–Crippen LogP) is 1.43. The maximum Gasteiger partial charge on any atom is 0.348 e. The van der Waals surface area contributed by atoms with Gasteiger partial charge < -0.3 is 9.64 Å². The molecule has 1 aromatic rings. The van der Waals surface area contributed by atoms with Crippen LogP contribution in [0.5, 0.6) is 0 Å². The molecule has 3 rings (SSSR count). The summed E-state index contributed by atoms with van der Waals surface area (Å²) in [6.45, 7) is 1.87. The van der Waals surface area contributed by atoms with E-state index < -0.39 is 15.8 Å². The van der Waals surface area contributed by atoms with Crippen molar-refractivity contribution in [2.24, 2.45) is 0 Å². The van der Waals surface area contributed by atoms with Crippen LogP contribution in [0.2, 0.25) is 0 Å². The Kier molecular flexibility index (Phi) is 4.96. The number of thiophene rings is 1. The number of carbonyl (C=O) groups excluding carboxylic acids is 2. The minimum absolute atomic E-state index is 0.00181. The molecule has 1 saturated heterocycles. The Balaban J connectivity index is 1.56. The number of likely N-dealkylation sites (N-methyl/N-ethyl adjacent to an activating group) is 1. The summed E-state index contributed by atoms with van der Waals surface area (Å²) in [4.78, 5) is 27.7. The largest absolute Gasteiger partial charge is 0.451 e. The lowest BCUT2D eigenvalue weighted by Gasteiger charge is -2.26. The number of aryl methyl sites for hydroxylation is 2. The summed E-state index contributed by atoms with van der Waals surface area (Å²) in [6.07, 6.45) is 3.59. The van der Waals surface area contributed by atoms with E-state index in [4.69, 9.17) is 4.74 Å². The Hall–Kier alpha value is -1.41. The topological polar surface area (TPSA) is 80.8 Å². The van der Waals surface area contributed by atoms with Crippen LogP contribution >= 0.6 is 11.3 Å². The van der Waals surface area contributed by atoms with Crippen LogP contribution in [0.4, 0.5) is 0 Å². The zero-order valence-electron chi connectivity index (χ0n) is 13.6. The van der Waals surface area contributed by atoms with E-state index in [1.807, 2.05) is 6.07 Å². The van der Waals surface area contributed by atoms with E-state index in [1.165, 1.54) is 26.7 Å². The number of esters is 1. The zero-order valence-corrected chi connectivity index (χ0v) is 15.2. The second-order valence-corrected chi connectivity index (χ2v) is 9.59. The summed E-state index contributed by atoms with van der Waals surface area (Å²) >= 11 is 1.44. The third-order valence-electron chi connectivity index (χ3n) is 4.58. The molecule has 1 aliphatic heterocycles. The summed E-state index contributed by atoms with van der Waals surface area (Å²) in [5.41, 5.74) is 1.21. The number of ether oxygens (including phenoxy) is 1. The molecule has 8 heteroatoms. The van der Waals surface area contributed by atoms with Crippen molar-refractivity contribution in [3.8, 4) is 0 Å². The van der Waals surface area contributed by atoms with Gasteiger partial charge in [0, 0.05) is 17.5 Å². The van der Waals surface area contributed by atoms with Crippen molar-refractivity contribution >= 4 is 33.1 Å². The Morgan fingerprint density at radius 2 is 2.17 bits per heavy atom. The zero-order chi connectivity index (χ0) is 17.3. The highest BCUT2D eigenvalue weighted by Gasteiger charge is 2.34. The SMILES string of the molecule is CCN(C(=O)COC(=O)c1cc2c(s1)CCC2)[C@@H]1CCS(=O)(=O)C1. The molecule has 1 amide bonds. The molecule has 0 unspecified atom stereocenters. The first-order chi connectivity index (χ1) is 11.4. The van der Waals surface area contributed by atoms with Crippen LogP contribution in [-0.2, 0) is 32.2 Å². The molecule has 1 atom stereocenters. The lowest BCUT2D eigenvalue weighted by Crippen LogP contribution is -2.43. The Morgan fingerprint density at radius 3 is 2.79 bits per heavy atom. The number of fused-ring (bicyclic) bond motifs is 1. The van der Waals surface area contributed by atoms with Gasteiger partial charge in [-0.25, -0.2) is 13.2 Å². The maximum atomic E-state index is 12.3. The molecular formula is C16H21NO5S2. The van der Waals surface area contributed by atoms with Gasteiger partial charge in [0.1, 0.15) is 4.88 Å². The van der Waals surface area contributed by atoms with Gasteiger partial charge in [-0.2, -0.15) is 0 Å². The second-order valence-electron chi connectivity index (χ2n) is 6.23. The number of nitrogens with zero attached hydrogens (tertiary/aromatic N) is 1. The first-order valence-electron chi connectivity index (χ1n) is 8.18. The number of carbonyl (C=O) groups is 2. The van der Waals surface area contributed by atoms with Crippen molar-refractivity contribution in [3.63, 3.8) is 0 Å². The summed E-state index contributed by atoms with van der Waals surface area (Å²) in [5, 5.41) is 0. The van der Waals surface area contributed by atoms with E-state index in [0.29, 0.717) is 17.8 Å². The summed E-state index contributed by atoms with van der Waals surface area (Å²) in [6, 6.07) is 1.55. The number of amides is 1. The van der Waals surface area contributed by atoms with Gasteiger partial charge in [0.25, 0.3) is 5.91 Å². The number of hydrogen-bond acceptors (Lipinski definition) is 6. The summed E-state index contributed by atoms with van der Waals surface area (Å²) in [5.74, 6) is -0.699. The van der Waals surface area contributed by atoms with E-state index in [2.05, 4.69) is 0 Å². The molecule has 0 radical (unpaired) electrons. The minimum Gasteiger partial charge on any atom is -0.451 e. The molecule has 132 valence electrons. The first-order valence-corrected chi connectivity index (χ1v) is 10.8. The Labute approximate surface area is 145 Å². The van der Waals surface area contributed by atoms with Crippen LogP contribution in [-0.4, -0.2) is 55.9 Å². The number of rotatable bonds is 5. The van der Waals surface area contributed by atoms with Crippen molar-refractivity contribution in [1.82, 2.24) is 4.90 Å². The molecule has 0 saturated carbocycles. The van der Waals surface area contributed by atoms with Crippen LogP contribution in [0, 0.1) is 0 Å². The van der Waals surface area contributed by atoms with Crippen molar-refractivity contribution < 1.29 is 22.7 Å². The smallest absolute Gasteiger partial charge is 0.348 e. The molecule has 24 heavy (non-hydrogen) atoms. The second kappa shape index (κ2) is 6.84. The Bertz CT molecular complexity index is 731. The average molecular weight is 371 g/mol. The third-order valence-corrected chi connectivity index (χ3v) is 7.55. The third kappa shape index (κ3) is 3.64. The van der Waals surface area contributed by atoms with E-state index in [0.717, 1.165) is 19.3 Å². The molecule has 0 spiro atoms. The molecule has 0 bridgehead atoms. The van der Waals surface area contributed by atoms with E-state index in [9.17, 15) is 18.0 Å². The van der Waals surface area contributed by atoms with Crippen LogP contribution in [0.1, 0.15) is 39.9 Å². The Morgan fingerprint density at radius 1 is 1.38 bits per heavy atom. The van der Waals surface area contributed by atoms with Gasteiger partial charge in [0.2, 0.25) is 0 Å². The minimum atomic E-state index is -3.06. The van der Waals surface area contributed by atoms with Crippen LogP contribution < -0.4 is 0 Å². The fourth-order valence-corrected chi connectivity index (χ4v) is 6.25. The molecule has 2 heterocycles. The first kappa shape index (κ1) is 17.4.